The highest BCUT2D eigenvalue weighted by Crippen LogP contribution is 2.44. The zero-order valence-corrected chi connectivity index (χ0v) is 14.2. The van der Waals surface area contributed by atoms with Gasteiger partial charge >= 0.3 is 12.1 Å². The van der Waals surface area contributed by atoms with Crippen molar-refractivity contribution in [3.63, 3.8) is 0 Å². The minimum atomic E-state index is -4.50. The summed E-state index contributed by atoms with van der Waals surface area (Å²) in [6.07, 6.45) is -3.64. The molecular weight excluding hydrogens is 351 g/mol. The molecule has 0 aliphatic carbocycles. The monoisotopic (exact) mass is 369 g/mol. The molecule has 1 aliphatic rings. The van der Waals surface area contributed by atoms with E-state index in [-0.39, 0.29) is 24.4 Å². The zero-order valence-electron chi connectivity index (χ0n) is 14.2. The van der Waals surface area contributed by atoms with Crippen molar-refractivity contribution in [1.82, 2.24) is 9.78 Å². The minimum Gasteiger partial charge on any atom is -0.497 e. The van der Waals surface area contributed by atoms with E-state index in [4.69, 9.17) is 9.47 Å². The first kappa shape index (κ1) is 18.1. The van der Waals surface area contributed by atoms with Crippen LogP contribution in [0.4, 0.5) is 19.0 Å². The van der Waals surface area contributed by atoms with Gasteiger partial charge in [-0.05, 0) is 24.6 Å². The number of hydrogen-bond donors (Lipinski definition) is 1. The summed E-state index contributed by atoms with van der Waals surface area (Å²) in [5, 5.41) is 6.78. The number of rotatable bonds is 4. The maximum absolute atomic E-state index is 13.6. The molecular formula is C17H18F3N3O3. The summed E-state index contributed by atoms with van der Waals surface area (Å²) < 4.78 is 51.5. The van der Waals surface area contributed by atoms with E-state index >= 15 is 0 Å². The standard InChI is InChI=1S/C17H18F3N3O3/c1-3-26-16(24)12-9-21-23-14(17(18,19)20)8-13(22-15(12)23)10-4-6-11(25-2)7-5-10/h4-7,9,13-14,22H,3,8H2,1-2H3/t13-,14+/m0/s1. The summed E-state index contributed by atoms with van der Waals surface area (Å²) in [6.45, 7) is 1.74. The van der Waals surface area contributed by atoms with E-state index in [0.29, 0.717) is 11.3 Å². The summed E-state index contributed by atoms with van der Waals surface area (Å²) in [5.41, 5.74) is 0.640. The van der Waals surface area contributed by atoms with E-state index in [1.54, 1.807) is 31.2 Å². The van der Waals surface area contributed by atoms with E-state index in [0.717, 1.165) is 10.9 Å². The van der Waals surface area contributed by atoms with Crippen LogP contribution in [0, 0.1) is 0 Å². The molecule has 1 N–H and O–H groups in total. The second-order valence-corrected chi connectivity index (χ2v) is 5.84. The number of halogens is 3. The Kier molecular flexibility index (Phi) is 4.80. The number of anilines is 1. The fourth-order valence-electron chi connectivity index (χ4n) is 2.98. The van der Waals surface area contributed by atoms with Crippen molar-refractivity contribution < 1.29 is 27.4 Å². The van der Waals surface area contributed by atoms with Crippen molar-refractivity contribution in [3.05, 3.63) is 41.6 Å². The molecule has 1 aromatic heterocycles. The topological polar surface area (TPSA) is 65.4 Å². The number of carbonyl (C=O) groups excluding carboxylic acids is 1. The predicted molar refractivity (Wildman–Crippen MR) is 87.3 cm³/mol. The average Bonchev–Trinajstić information content (AvgIpc) is 3.04. The van der Waals surface area contributed by atoms with Crippen LogP contribution in [0.15, 0.2) is 30.5 Å². The first-order valence-corrected chi connectivity index (χ1v) is 8.07. The van der Waals surface area contributed by atoms with E-state index in [2.05, 4.69) is 10.4 Å². The molecule has 0 spiro atoms. The number of fused-ring (bicyclic) bond motifs is 1. The third-order valence-corrected chi connectivity index (χ3v) is 4.25. The molecule has 0 fully saturated rings. The fraction of sp³-hybridized carbons (Fsp3) is 0.412. The zero-order chi connectivity index (χ0) is 18.9. The molecule has 0 saturated heterocycles. The average molecular weight is 369 g/mol. The Hall–Kier alpha value is -2.71. The summed E-state index contributed by atoms with van der Waals surface area (Å²) in [7, 11) is 1.51. The second-order valence-electron chi connectivity index (χ2n) is 5.84. The predicted octanol–water partition coefficient (Wildman–Crippen LogP) is 3.73. The first-order chi connectivity index (χ1) is 12.3. The molecule has 2 heterocycles. The molecule has 140 valence electrons. The highest BCUT2D eigenvalue weighted by atomic mass is 19.4. The van der Waals surface area contributed by atoms with Crippen LogP contribution >= 0.6 is 0 Å². The number of aromatic nitrogens is 2. The fourth-order valence-corrected chi connectivity index (χ4v) is 2.98. The maximum atomic E-state index is 13.6. The third kappa shape index (κ3) is 3.33. The van der Waals surface area contributed by atoms with Gasteiger partial charge in [-0.1, -0.05) is 12.1 Å². The molecule has 6 nitrogen and oxygen atoms in total. The summed E-state index contributed by atoms with van der Waals surface area (Å²) in [5.74, 6) is -0.0930. The van der Waals surface area contributed by atoms with Gasteiger partial charge < -0.3 is 14.8 Å². The molecule has 2 atom stereocenters. The van der Waals surface area contributed by atoms with Crippen molar-refractivity contribution in [2.45, 2.75) is 31.6 Å². The lowest BCUT2D eigenvalue weighted by molar-refractivity contribution is -0.173. The van der Waals surface area contributed by atoms with Gasteiger partial charge in [0.25, 0.3) is 0 Å². The Morgan fingerprint density at radius 1 is 1.35 bits per heavy atom. The van der Waals surface area contributed by atoms with Crippen LogP contribution in [0.5, 0.6) is 5.75 Å². The van der Waals surface area contributed by atoms with Crippen molar-refractivity contribution >= 4 is 11.8 Å². The molecule has 26 heavy (non-hydrogen) atoms. The number of ether oxygens (including phenoxy) is 2. The number of esters is 1. The number of benzene rings is 1. The van der Waals surface area contributed by atoms with Crippen molar-refractivity contribution in [2.24, 2.45) is 0 Å². The van der Waals surface area contributed by atoms with Gasteiger partial charge in [-0.3, -0.25) is 0 Å². The lowest BCUT2D eigenvalue weighted by atomic mass is 9.96. The third-order valence-electron chi connectivity index (χ3n) is 4.25. The molecule has 0 bridgehead atoms. The van der Waals surface area contributed by atoms with Crippen molar-refractivity contribution in [3.8, 4) is 5.75 Å². The number of carbonyl (C=O) groups is 1. The summed E-state index contributed by atoms with van der Waals surface area (Å²) >= 11 is 0. The summed E-state index contributed by atoms with van der Waals surface area (Å²) in [6, 6.07) is 4.27. The Balaban J connectivity index is 1.99. The van der Waals surface area contributed by atoms with Crippen LogP contribution in [0.1, 0.15) is 41.3 Å². The molecule has 0 radical (unpaired) electrons. The molecule has 0 saturated carbocycles. The van der Waals surface area contributed by atoms with Crippen LogP contribution < -0.4 is 10.1 Å². The Labute approximate surface area is 147 Å². The highest BCUT2D eigenvalue weighted by molar-refractivity contribution is 5.94. The molecule has 1 aromatic carbocycles. The van der Waals surface area contributed by atoms with Gasteiger partial charge in [-0.15, -0.1) is 0 Å². The number of methoxy groups -OCH3 is 1. The van der Waals surface area contributed by atoms with Crippen LogP contribution in [-0.4, -0.2) is 35.6 Å². The van der Waals surface area contributed by atoms with Crippen LogP contribution in [0.2, 0.25) is 0 Å². The van der Waals surface area contributed by atoms with E-state index in [1.165, 1.54) is 7.11 Å². The number of nitrogens with zero attached hydrogens (tertiary/aromatic N) is 2. The van der Waals surface area contributed by atoms with Crippen LogP contribution in [0.3, 0.4) is 0 Å². The molecule has 9 heteroatoms. The van der Waals surface area contributed by atoms with Gasteiger partial charge in [0, 0.05) is 6.42 Å². The Morgan fingerprint density at radius 3 is 2.62 bits per heavy atom. The highest BCUT2D eigenvalue weighted by Gasteiger charge is 2.47. The minimum absolute atomic E-state index is 0.0119. The van der Waals surface area contributed by atoms with Gasteiger partial charge in [0.15, 0.2) is 6.04 Å². The van der Waals surface area contributed by atoms with E-state index in [9.17, 15) is 18.0 Å². The molecule has 1 aliphatic heterocycles. The SMILES string of the molecule is CCOC(=O)c1cnn2c1N[C@H](c1ccc(OC)cc1)C[C@@H]2C(F)(F)F. The quantitative estimate of drug-likeness (QED) is 0.832. The van der Waals surface area contributed by atoms with Gasteiger partial charge in [0.2, 0.25) is 0 Å². The largest absolute Gasteiger partial charge is 0.497 e. The normalized spacial score (nSPS) is 19.4. The number of hydrogen-bond acceptors (Lipinski definition) is 5. The molecule has 3 rings (SSSR count). The summed E-state index contributed by atoms with van der Waals surface area (Å²) in [4.78, 5) is 12.0. The van der Waals surface area contributed by atoms with Gasteiger partial charge in [-0.25, -0.2) is 9.48 Å². The Bertz CT molecular complexity index is 787. The number of nitrogens with one attached hydrogen (secondary N) is 1. The lowest BCUT2D eigenvalue weighted by Gasteiger charge is -2.34. The Morgan fingerprint density at radius 2 is 2.04 bits per heavy atom. The van der Waals surface area contributed by atoms with Crippen molar-refractivity contribution in [1.29, 1.82) is 0 Å². The lowest BCUT2D eigenvalue weighted by Crippen LogP contribution is -2.36. The molecule has 2 aromatic rings. The molecule has 0 unspecified atom stereocenters. The van der Waals surface area contributed by atoms with E-state index in [1.807, 2.05) is 0 Å². The van der Waals surface area contributed by atoms with Gasteiger partial charge in [0.05, 0.1) is 26.0 Å². The van der Waals surface area contributed by atoms with Gasteiger partial charge in [-0.2, -0.15) is 18.3 Å². The van der Waals surface area contributed by atoms with E-state index < -0.39 is 24.2 Å². The van der Waals surface area contributed by atoms with Crippen LogP contribution in [-0.2, 0) is 4.74 Å². The number of alkyl halides is 3. The smallest absolute Gasteiger partial charge is 0.410 e. The maximum Gasteiger partial charge on any atom is 0.410 e. The first-order valence-electron chi connectivity index (χ1n) is 8.07. The van der Waals surface area contributed by atoms with Crippen LogP contribution in [0.25, 0.3) is 0 Å². The van der Waals surface area contributed by atoms with Gasteiger partial charge in [0.1, 0.15) is 17.1 Å². The second kappa shape index (κ2) is 6.89. The molecule has 0 amide bonds. The van der Waals surface area contributed by atoms with Crippen molar-refractivity contribution in [2.75, 3.05) is 19.0 Å².